The number of hydrogen-bond donors (Lipinski definition) is 1. The molecule has 0 saturated carbocycles. The second-order valence-electron chi connectivity index (χ2n) is 5.98. The molecule has 27 heavy (non-hydrogen) atoms. The maximum absolute atomic E-state index is 12.8. The third-order valence-electron chi connectivity index (χ3n) is 4.13. The van der Waals surface area contributed by atoms with Crippen molar-refractivity contribution in [3.63, 3.8) is 0 Å². The van der Waals surface area contributed by atoms with E-state index in [1.165, 1.54) is 0 Å². The van der Waals surface area contributed by atoms with Crippen molar-refractivity contribution in [2.45, 2.75) is 19.9 Å². The first kappa shape index (κ1) is 19.3. The van der Waals surface area contributed by atoms with Crippen molar-refractivity contribution in [2.75, 3.05) is 5.32 Å². The number of hydrogen-bond acceptors (Lipinski definition) is 3. The highest BCUT2D eigenvalue weighted by atomic mass is 79.9. The summed E-state index contributed by atoms with van der Waals surface area (Å²) in [6, 6.07) is 13.7. The van der Waals surface area contributed by atoms with Crippen LogP contribution in [0, 0.1) is 6.92 Å². The molecule has 0 spiro atoms. The van der Waals surface area contributed by atoms with Crippen LogP contribution in [0.25, 0.3) is 0 Å². The van der Waals surface area contributed by atoms with Gasteiger partial charge in [-0.05, 0) is 41.1 Å². The lowest BCUT2D eigenvalue weighted by Crippen LogP contribution is -2.17. The first-order chi connectivity index (χ1) is 13.0. The SMILES string of the molecule is Cc1c(Br)cnn1CCC(=O)Nc1ccc(Cl)cc1C(=O)c1ccccc1. The molecule has 0 aliphatic carbocycles. The van der Waals surface area contributed by atoms with E-state index in [4.69, 9.17) is 11.6 Å². The van der Waals surface area contributed by atoms with Crippen molar-refractivity contribution in [1.82, 2.24) is 9.78 Å². The highest BCUT2D eigenvalue weighted by molar-refractivity contribution is 9.10. The van der Waals surface area contributed by atoms with Gasteiger partial charge in [0.2, 0.25) is 5.91 Å². The molecule has 0 fully saturated rings. The van der Waals surface area contributed by atoms with Crippen molar-refractivity contribution in [3.8, 4) is 0 Å². The predicted octanol–water partition coefficient (Wildman–Crippen LogP) is 4.87. The molecule has 7 heteroatoms. The van der Waals surface area contributed by atoms with Gasteiger partial charge < -0.3 is 5.32 Å². The number of aromatic nitrogens is 2. The highest BCUT2D eigenvalue weighted by Crippen LogP contribution is 2.24. The summed E-state index contributed by atoms with van der Waals surface area (Å²) in [5, 5.41) is 7.46. The minimum absolute atomic E-state index is 0.194. The fourth-order valence-electron chi connectivity index (χ4n) is 2.63. The molecular formula is C20H17BrClN3O2. The molecule has 138 valence electrons. The van der Waals surface area contributed by atoms with Gasteiger partial charge in [-0.3, -0.25) is 14.3 Å². The van der Waals surface area contributed by atoms with Crippen molar-refractivity contribution in [3.05, 3.63) is 81.0 Å². The van der Waals surface area contributed by atoms with Crippen molar-refractivity contribution < 1.29 is 9.59 Å². The van der Waals surface area contributed by atoms with Gasteiger partial charge in [0.15, 0.2) is 5.78 Å². The number of rotatable bonds is 6. The second-order valence-corrected chi connectivity index (χ2v) is 7.28. The Bertz CT molecular complexity index is 986. The second kappa shape index (κ2) is 8.50. The van der Waals surface area contributed by atoms with Gasteiger partial charge in [0, 0.05) is 28.3 Å². The number of benzene rings is 2. The summed E-state index contributed by atoms with van der Waals surface area (Å²) in [5.41, 5.74) is 2.29. The smallest absolute Gasteiger partial charge is 0.226 e. The number of carbonyl (C=O) groups is 2. The van der Waals surface area contributed by atoms with E-state index in [2.05, 4.69) is 26.3 Å². The van der Waals surface area contributed by atoms with E-state index in [0.29, 0.717) is 28.4 Å². The number of nitrogens with zero attached hydrogens (tertiary/aromatic N) is 2. The van der Waals surface area contributed by atoms with Gasteiger partial charge in [0.05, 0.1) is 22.9 Å². The number of halogens is 2. The molecule has 0 aliphatic rings. The Balaban J connectivity index is 1.75. The molecule has 0 radical (unpaired) electrons. The van der Waals surface area contributed by atoms with Crippen molar-refractivity contribution in [1.29, 1.82) is 0 Å². The average molecular weight is 447 g/mol. The summed E-state index contributed by atoms with van der Waals surface area (Å²) in [5.74, 6) is -0.397. The van der Waals surface area contributed by atoms with E-state index >= 15 is 0 Å². The number of ketones is 1. The van der Waals surface area contributed by atoms with Gasteiger partial charge in [-0.2, -0.15) is 5.10 Å². The molecule has 3 rings (SSSR count). The standard InChI is InChI=1S/C20H17BrClN3O2/c1-13-17(21)12-23-25(13)10-9-19(26)24-18-8-7-15(22)11-16(18)20(27)14-5-3-2-4-6-14/h2-8,11-12H,9-10H2,1H3,(H,24,26). The van der Waals surface area contributed by atoms with Gasteiger partial charge in [0.1, 0.15) is 0 Å². The first-order valence-corrected chi connectivity index (χ1v) is 9.50. The summed E-state index contributed by atoms with van der Waals surface area (Å²) in [7, 11) is 0. The van der Waals surface area contributed by atoms with Crippen LogP contribution < -0.4 is 5.32 Å². The van der Waals surface area contributed by atoms with Gasteiger partial charge in [-0.1, -0.05) is 41.9 Å². The van der Waals surface area contributed by atoms with Crippen LogP contribution in [0.3, 0.4) is 0 Å². The largest absolute Gasteiger partial charge is 0.325 e. The fourth-order valence-corrected chi connectivity index (χ4v) is 3.10. The van der Waals surface area contributed by atoms with Gasteiger partial charge >= 0.3 is 0 Å². The van der Waals surface area contributed by atoms with E-state index in [1.807, 2.05) is 13.0 Å². The van der Waals surface area contributed by atoms with Crippen LogP contribution in [-0.2, 0) is 11.3 Å². The zero-order valence-electron chi connectivity index (χ0n) is 14.6. The lowest BCUT2D eigenvalue weighted by Gasteiger charge is -2.12. The van der Waals surface area contributed by atoms with Crippen LogP contribution in [0.4, 0.5) is 5.69 Å². The molecular weight excluding hydrogens is 430 g/mol. The van der Waals surface area contributed by atoms with Gasteiger partial charge in [-0.25, -0.2) is 0 Å². The summed E-state index contributed by atoms with van der Waals surface area (Å²) in [6.45, 7) is 2.36. The molecule has 0 bridgehead atoms. The van der Waals surface area contributed by atoms with Crippen LogP contribution in [-0.4, -0.2) is 21.5 Å². The summed E-state index contributed by atoms with van der Waals surface area (Å²) in [4.78, 5) is 25.2. The third-order valence-corrected chi connectivity index (χ3v) is 5.14. The van der Waals surface area contributed by atoms with E-state index in [0.717, 1.165) is 10.2 Å². The number of aryl methyl sites for hydroxylation is 1. The zero-order valence-corrected chi connectivity index (χ0v) is 16.9. The normalized spacial score (nSPS) is 10.6. The Morgan fingerprint density at radius 1 is 1.19 bits per heavy atom. The highest BCUT2D eigenvalue weighted by Gasteiger charge is 2.16. The number of amides is 1. The molecule has 0 aliphatic heterocycles. The fraction of sp³-hybridized carbons (Fsp3) is 0.150. The minimum atomic E-state index is -0.203. The minimum Gasteiger partial charge on any atom is -0.325 e. The maximum atomic E-state index is 12.8. The first-order valence-electron chi connectivity index (χ1n) is 8.33. The van der Waals surface area contributed by atoms with Gasteiger partial charge in [-0.15, -0.1) is 0 Å². The Morgan fingerprint density at radius 2 is 1.93 bits per heavy atom. The molecule has 0 unspecified atom stereocenters. The molecule has 3 aromatic rings. The lowest BCUT2D eigenvalue weighted by atomic mass is 10.0. The van der Waals surface area contributed by atoms with Crippen LogP contribution in [0.15, 0.2) is 59.2 Å². The van der Waals surface area contributed by atoms with E-state index in [9.17, 15) is 9.59 Å². The van der Waals surface area contributed by atoms with E-state index < -0.39 is 0 Å². The Kier molecular flexibility index (Phi) is 6.08. The molecule has 1 aromatic heterocycles. The molecule has 1 heterocycles. The van der Waals surface area contributed by atoms with Crippen LogP contribution in [0.1, 0.15) is 28.0 Å². The number of carbonyl (C=O) groups excluding carboxylic acids is 2. The molecule has 5 nitrogen and oxygen atoms in total. The van der Waals surface area contributed by atoms with Crippen molar-refractivity contribution in [2.24, 2.45) is 0 Å². The number of anilines is 1. The summed E-state index contributed by atoms with van der Waals surface area (Å²) >= 11 is 9.46. The van der Waals surface area contributed by atoms with Gasteiger partial charge in [0.25, 0.3) is 0 Å². The molecule has 1 N–H and O–H groups in total. The number of nitrogens with one attached hydrogen (secondary N) is 1. The Labute approximate surface area is 170 Å². The lowest BCUT2D eigenvalue weighted by molar-refractivity contribution is -0.116. The molecule has 0 saturated heterocycles. The Hall–Kier alpha value is -2.44. The average Bonchev–Trinajstić information content (AvgIpc) is 3.00. The predicted molar refractivity (Wildman–Crippen MR) is 109 cm³/mol. The molecule has 1 amide bonds. The zero-order chi connectivity index (χ0) is 19.4. The summed E-state index contributed by atoms with van der Waals surface area (Å²) < 4.78 is 2.65. The van der Waals surface area contributed by atoms with Crippen LogP contribution >= 0.6 is 27.5 Å². The third kappa shape index (κ3) is 4.64. The maximum Gasteiger partial charge on any atom is 0.226 e. The molecule has 0 atom stereocenters. The van der Waals surface area contributed by atoms with Crippen LogP contribution in [0.2, 0.25) is 5.02 Å². The summed E-state index contributed by atoms with van der Waals surface area (Å²) in [6.07, 6.45) is 1.93. The van der Waals surface area contributed by atoms with E-state index in [-0.39, 0.29) is 18.1 Å². The van der Waals surface area contributed by atoms with Crippen molar-refractivity contribution >= 4 is 44.9 Å². The van der Waals surface area contributed by atoms with Crippen LogP contribution in [0.5, 0.6) is 0 Å². The van der Waals surface area contributed by atoms with E-state index in [1.54, 1.807) is 53.3 Å². The molecule has 2 aromatic carbocycles. The quantitative estimate of drug-likeness (QED) is 0.550. The monoisotopic (exact) mass is 445 g/mol. The topological polar surface area (TPSA) is 64.0 Å². The Morgan fingerprint density at radius 3 is 2.59 bits per heavy atom.